The third kappa shape index (κ3) is 3.59. The summed E-state index contributed by atoms with van der Waals surface area (Å²) in [4.78, 5) is 23.2. The lowest BCUT2D eigenvalue weighted by Gasteiger charge is -2.15. The summed E-state index contributed by atoms with van der Waals surface area (Å²) in [5, 5.41) is 16.1. The van der Waals surface area contributed by atoms with Gasteiger partial charge in [0, 0.05) is 25.5 Å². The van der Waals surface area contributed by atoms with Crippen LogP contribution in [0.15, 0.2) is 18.5 Å². The fourth-order valence-electron chi connectivity index (χ4n) is 2.87. The number of hydrogen-bond acceptors (Lipinski definition) is 3. The van der Waals surface area contributed by atoms with Crippen LogP contribution in [0.3, 0.4) is 0 Å². The van der Waals surface area contributed by atoms with Gasteiger partial charge in [-0.25, -0.2) is 0 Å². The molecule has 0 aromatic carbocycles. The predicted octanol–water partition coefficient (Wildman–Crippen LogP) is 1.14. The minimum atomic E-state index is -0.856. The van der Waals surface area contributed by atoms with Crippen LogP contribution in [0.1, 0.15) is 26.2 Å². The van der Waals surface area contributed by atoms with E-state index in [0.717, 1.165) is 13.0 Å². The van der Waals surface area contributed by atoms with Gasteiger partial charge in [-0.3, -0.25) is 14.3 Å². The van der Waals surface area contributed by atoms with E-state index < -0.39 is 11.9 Å². The minimum absolute atomic E-state index is 0.123. The molecule has 2 rings (SSSR count). The number of carbonyl (C=O) groups excluding carboxylic acids is 1. The number of carboxylic acids is 1. The largest absolute Gasteiger partial charge is 0.481 e. The average Bonchev–Trinajstić information content (AvgIpc) is 3.03. The van der Waals surface area contributed by atoms with Gasteiger partial charge in [-0.2, -0.15) is 5.10 Å². The number of carbonyl (C=O) groups is 2. The van der Waals surface area contributed by atoms with Crippen molar-refractivity contribution in [3.8, 4) is 0 Å². The Morgan fingerprint density at radius 3 is 2.80 bits per heavy atom. The highest BCUT2D eigenvalue weighted by atomic mass is 16.4. The Morgan fingerprint density at radius 1 is 1.40 bits per heavy atom. The molecule has 0 bridgehead atoms. The zero-order valence-corrected chi connectivity index (χ0v) is 11.7. The quantitative estimate of drug-likeness (QED) is 0.765. The van der Waals surface area contributed by atoms with Gasteiger partial charge in [0.1, 0.15) is 0 Å². The first-order valence-electron chi connectivity index (χ1n) is 7.06. The van der Waals surface area contributed by atoms with E-state index in [0.29, 0.717) is 25.3 Å². The smallest absolute Gasteiger partial charge is 0.307 e. The van der Waals surface area contributed by atoms with Gasteiger partial charge in [0.2, 0.25) is 5.91 Å². The lowest BCUT2D eigenvalue weighted by atomic mass is 9.95. The van der Waals surface area contributed by atoms with Crippen LogP contribution in [0, 0.1) is 17.8 Å². The molecule has 0 saturated heterocycles. The van der Waals surface area contributed by atoms with E-state index in [1.165, 1.54) is 0 Å². The molecule has 1 aliphatic carbocycles. The molecule has 0 radical (unpaired) electrons. The van der Waals surface area contributed by atoms with Crippen LogP contribution in [0.25, 0.3) is 0 Å². The Morgan fingerprint density at radius 2 is 2.15 bits per heavy atom. The maximum Gasteiger partial charge on any atom is 0.307 e. The second-order valence-corrected chi connectivity index (χ2v) is 5.54. The molecule has 1 aromatic rings. The Bertz CT molecular complexity index is 458. The van der Waals surface area contributed by atoms with Crippen LogP contribution in [-0.4, -0.2) is 33.3 Å². The molecule has 0 aliphatic heterocycles. The number of nitrogens with one attached hydrogen (secondary N) is 1. The predicted molar refractivity (Wildman–Crippen MR) is 72.9 cm³/mol. The topological polar surface area (TPSA) is 84.2 Å². The molecule has 1 heterocycles. The van der Waals surface area contributed by atoms with Crippen LogP contribution in [0.2, 0.25) is 0 Å². The van der Waals surface area contributed by atoms with Crippen molar-refractivity contribution in [2.45, 2.75) is 32.7 Å². The number of carboxylic acid groups (broad SMARTS) is 1. The van der Waals surface area contributed by atoms with Crippen molar-refractivity contribution in [2.24, 2.45) is 17.8 Å². The van der Waals surface area contributed by atoms with Crippen LogP contribution in [0.5, 0.6) is 0 Å². The van der Waals surface area contributed by atoms with E-state index in [1.807, 2.05) is 23.9 Å². The first-order valence-corrected chi connectivity index (χ1v) is 7.06. The van der Waals surface area contributed by atoms with Crippen molar-refractivity contribution >= 4 is 11.9 Å². The molecule has 20 heavy (non-hydrogen) atoms. The van der Waals surface area contributed by atoms with Gasteiger partial charge in [0.25, 0.3) is 0 Å². The van der Waals surface area contributed by atoms with E-state index >= 15 is 0 Å². The fraction of sp³-hybridized carbons (Fsp3) is 0.643. The molecule has 1 amide bonds. The van der Waals surface area contributed by atoms with Crippen molar-refractivity contribution < 1.29 is 14.7 Å². The Hall–Kier alpha value is -1.85. The first-order chi connectivity index (χ1) is 9.58. The summed E-state index contributed by atoms with van der Waals surface area (Å²) in [7, 11) is 0. The van der Waals surface area contributed by atoms with E-state index in [9.17, 15) is 9.59 Å². The Kier molecular flexibility index (Phi) is 4.76. The normalized spacial score (nSPS) is 25.6. The number of rotatable bonds is 6. The lowest BCUT2D eigenvalue weighted by Crippen LogP contribution is -2.36. The van der Waals surface area contributed by atoms with E-state index in [-0.39, 0.29) is 11.8 Å². The summed E-state index contributed by atoms with van der Waals surface area (Å²) in [6.45, 7) is 3.30. The number of nitrogens with zero attached hydrogens (tertiary/aromatic N) is 2. The zero-order valence-electron chi connectivity index (χ0n) is 11.7. The molecule has 1 fully saturated rings. The summed E-state index contributed by atoms with van der Waals surface area (Å²) < 4.78 is 1.81. The summed E-state index contributed by atoms with van der Waals surface area (Å²) in [6.07, 6.45) is 5.65. The summed E-state index contributed by atoms with van der Waals surface area (Å²) in [6, 6.07) is 1.86. The lowest BCUT2D eigenvalue weighted by molar-refractivity contribution is -0.146. The van der Waals surface area contributed by atoms with Crippen LogP contribution < -0.4 is 5.32 Å². The molecule has 0 spiro atoms. The van der Waals surface area contributed by atoms with Crippen molar-refractivity contribution in [1.29, 1.82) is 0 Å². The molecule has 1 aliphatic rings. The second kappa shape index (κ2) is 6.54. The highest BCUT2D eigenvalue weighted by molar-refractivity contribution is 5.85. The molecule has 6 heteroatoms. The van der Waals surface area contributed by atoms with Gasteiger partial charge in [-0.15, -0.1) is 0 Å². The van der Waals surface area contributed by atoms with Gasteiger partial charge in [-0.1, -0.05) is 6.92 Å². The maximum absolute atomic E-state index is 12.1. The highest BCUT2D eigenvalue weighted by Gasteiger charge is 2.40. The molecular weight excluding hydrogens is 258 g/mol. The second-order valence-electron chi connectivity index (χ2n) is 5.54. The molecule has 6 nitrogen and oxygen atoms in total. The summed E-state index contributed by atoms with van der Waals surface area (Å²) >= 11 is 0. The number of amides is 1. The van der Waals surface area contributed by atoms with Gasteiger partial charge in [-0.05, 0) is 31.2 Å². The van der Waals surface area contributed by atoms with Crippen molar-refractivity contribution in [3.05, 3.63) is 18.5 Å². The third-order valence-corrected chi connectivity index (χ3v) is 3.87. The Balaban J connectivity index is 1.75. The summed E-state index contributed by atoms with van der Waals surface area (Å²) in [5.74, 6) is -1.59. The minimum Gasteiger partial charge on any atom is -0.481 e. The Labute approximate surface area is 118 Å². The average molecular weight is 279 g/mol. The van der Waals surface area contributed by atoms with Gasteiger partial charge < -0.3 is 10.4 Å². The highest BCUT2D eigenvalue weighted by Crippen LogP contribution is 2.36. The molecule has 1 unspecified atom stereocenters. The first kappa shape index (κ1) is 14.6. The van der Waals surface area contributed by atoms with Crippen molar-refractivity contribution in [1.82, 2.24) is 15.1 Å². The third-order valence-electron chi connectivity index (χ3n) is 3.87. The maximum atomic E-state index is 12.1. The van der Waals surface area contributed by atoms with E-state index in [4.69, 9.17) is 5.11 Å². The standard InChI is InChI=1S/C14H21N3O3/c1-10-8-11(12(9-10)14(19)20)13(18)15-4-2-6-17-7-3-5-16-17/h3,5,7,10-12H,2,4,6,8-9H2,1H3,(H,15,18)(H,19,20)/t10?,11-,12+/m0/s1. The van der Waals surface area contributed by atoms with E-state index in [1.54, 1.807) is 6.20 Å². The van der Waals surface area contributed by atoms with Crippen molar-refractivity contribution in [3.63, 3.8) is 0 Å². The molecule has 110 valence electrons. The molecule has 2 N–H and O–H groups in total. The number of hydrogen-bond donors (Lipinski definition) is 2. The van der Waals surface area contributed by atoms with Crippen LogP contribution in [0.4, 0.5) is 0 Å². The number of aromatic nitrogens is 2. The fourth-order valence-corrected chi connectivity index (χ4v) is 2.87. The SMILES string of the molecule is CC1C[C@H](C(=O)NCCCn2cccn2)[C@H](C(=O)O)C1. The molecule has 1 aromatic heterocycles. The summed E-state index contributed by atoms with van der Waals surface area (Å²) in [5.41, 5.74) is 0. The zero-order chi connectivity index (χ0) is 14.5. The monoisotopic (exact) mass is 279 g/mol. The van der Waals surface area contributed by atoms with Gasteiger partial charge in [0.15, 0.2) is 0 Å². The van der Waals surface area contributed by atoms with Gasteiger partial charge in [0.05, 0.1) is 11.8 Å². The van der Waals surface area contributed by atoms with Gasteiger partial charge >= 0.3 is 5.97 Å². The van der Waals surface area contributed by atoms with Crippen molar-refractivity contribution in [2.75, 3.05) is 6.54 Å². The number of aryl methyl sites for hydroxylation is 1. The molecule has 3 atom stereocenters. The van der Waals surface area contributed by atoms with Crippen LogP contribution in [-0.2, 0) is 16.1 Å². The number of aliphatic carboxylic acids is 1. The molecule has 1 saturated carbocycles. The van der Waals surface area contributed by atoms with Crippen LogP contribution >= 0.6 is 0 Å². The van der Waals surface area contributed by atoms with E-state index in [2.05, 4.69) is 10.4 Å². The molecular formula is C14H21N3O3.